The average Bonchev–Trinajstić information content (AvgIpc) is 2.72. The molecule has 7 heteroatoms. The lowest BCUT2D eigenvalue weighted by Crippen LogP contribution is -2.05. The fourth-order valence-corrected chi connectivity index (χ4v) is 1.90. The monoisotopic (exact) mass is 274 g/mol. The highest BCUT2D eigenvalue weighted by Gasteiger charge is 2.30. The van der Waals surface area contributed by atoms with E-state index in [-0.39, 0.29) is 12.4 Å². The molecule has 0 aliphatic carbocycles. The van der Waals surface area contributed by atoms with Crippen LogP contribution in [0.25, 0.3) is 0 Å². The third-order valence-corrected chi connectivity index (χ3v) is 2.90. The first-order valence-corrected chi connectivity index (χ1v) is 5.77. The molecule has 1 aromatic carbocycles. The number of alkyl halides is 3. The van der Waals surface area contributed by atoms with Crippen LogP contribution in [0.2, 0.25) is 0 Å². The number of halogens is 3. The zero-order valence-electron chi connectivity index (χ0n) is 9.07. The van der Waals surface area contributed by atoms with E-state index in [2.05, 4.69) is 4.98 Å². The molecule has 0 aliphatic rings. The molecule has 1 aromatic heterocycles. The Morgan fingerprint density at radius 2 is 2.11 bits per heavy atom. The minimum atomic E-state index is -4.37. The van der Waals surface area contributed by atoms with Gasteiger partial charge in [0.2, 0.25) is 0 Å². The topological polar surface area (TPSA) is 48.1 Å². The number of thiazole rings is 1. The van der Waals surface area contributed by atoms with E-state index in [0.29, 0.717) is 10.0 Å². The summed E-state index contributed by atoms with van der Waals surface area (Å²) in [5.41, 5.74) is 4.74. The van der Waals surface area contributed by atoms with Crippen LogP contribution in [0.15, 0.2) is 30.5 Å². The smallest absolute Gasteiger partial charge is 0.416 e. The van der Waals surface area contributed by atoms with Crippen molar-refractivity contribution in [2.45, 2.75) is 12.8 Å². The normalized spacial score (nSPS) is 11.5. The summed E-state index contributed by atoms with van der Waals surface area (Å²) in [6.07, 6.45) is -2.89. The van der Waals surface area contributed by atoms with Gasteiger partial charge in [0.25, 0.3) is 0 Å². The number of nitrogens with two attached hydrogens (primary N) is 1. The Hall–Kier alpha value is -1.76. The lowest BCUT2D eigenvalue weighted by Gasteiger charge is -2.09. The van der Waals surface area contributed by atoms with E-state index in [1.807, 2.05) is 0 Å². The Kier molecular flexibility index (Phi) is 3.42. The van der Waals surface area contributed by atoms with Crippen LogP contribution < -0.4 is 10.5 Å². The van der Waals surface area contributed by atoms with Crippen LogP contribution in [0, 0.1) is 0 Å². The zero-order chi connectivity index (χ0) is 13.2. The Labute approximate surface area is 105 Å². The maximum absolute atomic E-state index is 12.5. The van der Waals surface area contributed by atoms with E-state index in [9.17, 15) is 13.2 Å². The molecule has 0 saturated carbocycles. The number of hydrogen-bond donors (Lipinski definition) is 1. The van der Waals surface area contributed by atoms with Gasteiger partial charge >= 0.3 is 6.18 Å². The fourth-order valence-electron chi connectivity index (χ4n) is 1.30. The second kappa shape index (κ2) is 4.85. The van der Waals surface area contributed by atoms with Crippen molar-refractivity contribution >= 4 is 16.3 Å². The van der Waals surface area contributed by atoms with Crippen LogP contribution in [-0.4, -0.2) is 4.98 Å². The number of rotatable bonds is 3. The van der Waals surface area contributed by atoms with Gasteiger partial charge in [-0.05, 0) is 18.2 Å². The molecule has 1 heterocycles. The van der Waals surface area contributed by atoms with Crippen molar-refractivity contribution in [2.75, 3.05) is 5.73 Å². The first-order chi connectivity index (χ1) is 8.45. The van der Waals surface area contributed by atoms with Crippen molar-refractivity contribution in [1.82, 2.24) is 4.98 Å². The first kappa shape index (κ1) is 12.7. The highest BCUT2D eigenvalue weighted by atomic mass is 32.1. The van der Waals surface area contributed by atoms with Crippen LogP contribution in [0.5, 0.6) is 5.75 Å². The molecule has 2 rings (SSSR count). The van der Waals surface area contributed by atoms with Gasteiger partial charge in [0.1, 0.15) is 22.4 Å². The number of anilines is 1. The zero-order valence-corrected chi connectivity index (χ0v) is 9.89. The minimum absolute atomic E-state index is 0.100. The predicted molar refractivity (Wildman–Crippen MR) is 62.3 cm³/mol. The molecule has 18 heavy (non-hydrogen) atoms. The number of nitrogen functional groups attached to an aromatic ring is 1. The highest BCUT2D eigenvalue weighted by molar-refractivity contribution is 7.15. The maximum Gasteiger partial charge on any atom is 0.416 e. The Bertz CT molecular complexity index is 539. The molecule has 2 N–H and O–H groups in total. The van der Waals surface area contributed by atoms with E-state index >= 15 is 0 Å². The van der Waals surface area contributed by atoms with Crippen LogP contribution in [0.3, 0.4) is 0 Å². The standard InChI is InChI=1S/C11H9F3N2OS/c12-11(13,14)7-2-1-3-8(4-7)17-6-10-16-5-9(15)18-10/h1-5H,6,15H2. The molecule has 0 bridgehead atoms. The third kappa shape index (κ3) is 3.13. The van der Waals surface area contributed by atoms with Gasteiger partial charge in [-0.2, -0.15) is 13.2 Å². The summed E-state index contributed by atoms with van der Waals surface area (Å²) in [5.74, 6) is 0.151. The maximum atomic E-state index is 12.5. The molecule has 0 unspecified atom stereocenters. The average molecular weight is 274 g/mol. The second-order valence-electron chi connectivity index (χ2n) is 3.47. The van der Waals surface area contributed by atoms with Crippen LogP contribution in [-0.2, 0) is 12.8 Å². The number of aromatic nitrogens is 1. The molecule has 0 fully saturated rings. The van der Waals surface area contributed by atoms with Gasteiger partial charge in [0, 0.05) is 0 Å². The summed E-state index contributed by atoms with van der Waals surface area (Å²) in [6, 6.07) is 4.71. The van der Waals surface area contributed by atoms with E-state index in [4.69, 9.17) is 10.5 Å². The van der Waals surface area contributed by atoms with Gasteiger partial charge in [-0.1, -0.05) is 17.4 Å². The summed E-state index contributed by atoms with van der Waals surface area (Å²) in [4.78, 5) is 3.95. The third-order valence-electron chi connectivity index (χ3n) is 2.10. The summed E-state index contributed by atoms with van der Waals surface area (Å²) in [6.45, 7) is 0.100. The van der Waals surface area contributed by atoms with Crippen molar-refractivity contribution in [3.63, 3.8) is 0 Å². The molecule has 0 amide bonds. The van der Waals surface area contributed by atoms with Crippen molar-refractivity contribution < 1.29 is 17.9 Å². The molecule has 3 nitrogen and oxygen atoms in total. The molecule has 0 radical (unpaired) electrons. The molecule has 0 saturated heterocycles. The summed E-state index contributed by atoms with van der Waals surface area (Å²) < 4.78 is 42.6. The van der Waals surface area contributed by atoms with Gasteiger partial charge in [-0.25, -0.2) is 4.98 Å². The molecule has 96 valence electrons. The van der Waals surface area contributed by atoms with Crippen molar-refractivity contribution in [1.29, 1.82) is 0 Å². The summed E-state index contributed by atoms with van der Waals surface area (Å²) in [7, 11) is 0. The molecular weight excluding hydrogens is 265 g/mol. The van der Waals surface area contributed by atoms with E-state index in [0.717, 1.165) is 12.1 Å². The van der Waals surface area contributed by atoms with Gasteiger partial charge in [0.15, 0.2) is 0 Å². The van der Waals surface area contributed by atoms with Crippen LogP contribution in [0.4, 0.5) is 18.2 Å². The van der Waals surface area contributed by atoms with Crippen molar-refractivity contribution in [3.8, 4) is 5.75 Å². The number of ether oxygens (including phenoxy) is 1. The highest BCUT2D eigenvalue weighted by Crippen LogP contribution is 2.31. The lowest BCUT2D eigenvalue weighted by atomic mass is 10.2. The predicted octanol–water partition coefficient (Wildman–Crippen LogP) is 3.32. The SMILES string of the molecule is Nc1cnc(COc2cccc(C(F)(F)F)c2)s1. The quantitative estimate of drug-likeness (QED) is 0.934. The number of hydrogen-bond acceptors (Lipinski definition) is 4. The van der Waals surface area contributed by atoms with Crippen molar-refractivity contribution in [2.24, 2.45) is 0 Å². The van der Waals surface area contributed by atoms with Gasteiger partial charge in [0.05, 0.1) is 11.8 Å². The molecular formula is C11H9F3N2OS. The summed E-state index contributed by atoms with van der Waals surface area (Å²) >= 11 is 1.24. The number of nitrogens with zero attached hydrogens (tertiary/aromatic N) is 1. The summed E-state index contributed by atoms with van der Waals surface area (Å²) in [5, 5.41) is 1.16. The second-order valence-corrected chi connectivity index (χ2v) is 4.62. The fraction of sp³-hybridized carbons (Fsp3) is 0.182. The first-order valence-electron chi connectivity index (χ1n) is 4.95. The Morgan fingerprint density at radius 3 is 2.72 bits per heavy atom. The van der Waals surface area contributed by atoms with E-state index in [1.165, 1.54) is 29.7 Å². The molecule has 2 aromatic rings. The molecule has 0 atom stereocenters. The van der Waals surface area contributed by atoms with Gasteiger partial charge in [-0.15, -0.1) is 0 Å². The van der Waals surface area contributed by atoms with Crippen molar-refractivity contribution in [3.05, 3.63) is 41.0 Å². The van der Waals surface area contributed by atoms with Gasteiger partial charge in [-0.3, -0.25) is 0 Å². The minimum Gasteiger partial charge on any atom is -0.486 e. The van der Waals surface area contributed by atoms with E-state index in [1.54, 1.807) is 0 Å². The van der Waals surface area contributed by atoms with Crippen LogP contribution >= 0.6 is 11.3 Å². The largest absolute Gasteiger partial charge is 0.486 e. The Morgan fingerprint density at radius 1 is 1.33 bits per heavy atom. The molecule has 0 aliphatic heterocycles. The van der Waals surface area contributed by atoms with Crippen LogP contribution in [0.1, 0.15) is 10.6 Å². The molecule has 0 spiro atoms. The van der Waals surface area contributed by atoms with E-state index < -0.39 is 11.7 Å². The Balaban J connectivity index is 2.06. The number of benzene rings is 1. The lowest BCUT2D eigenvalue weighted by molar-refractivity contribution is -0.137. The van der Waals surface area contributed by atoms with Gasteiger partial charge < -0.3 is 10.5 Å².